The molecule has 0 unspecified atom stereocenters. The molecule has 0 bridgehead atoms. The lowest BCUT2D eigenvalue weighted by Crippen LogP contribution is -2.02. The zero-order valence-corrected chi connectivity index (χ0v) is 25.8. The van der Waals surface area contributed by atoms with Crippen molar-refractivity contribution in [2.75, 3.05) is 0 Å². The van der Waals surface area contributed by atoms with Gasteiger partial charge in [0.1, 0.15) is 0 Å². The van der Waals surface area contributed by atoms with Gasteiger partial charge >= 0.3 is 0 Å². The second-order valence-electron chi connectivity index (χ2n) is 12.2. The number of benzene rings is 5. The standard InChI is InChI=1S/C44H37N/c1-2-31-16-25-38(30-42(31)37-10-4-3-5-11-37)36-23-21-33(22-24-36)32-17-19-34(20-18-32)35-26-28-39(29-27-35)45-43-14-8-6-12-40(43)41-13-7-9-15-44(41)45/h3-5,8-11,14-30H,2,6-7,12-13H2,1H3. The van der Waals surface area contributed by atoms with E-state index in [1.54, 1.807) is 11.1 Å². The molecule has 1 aromatic heterocycles. The molecule has 2 aliphatic carbocycles. The van der Waals surface area contributed by atoms with Crippen LogP contribution < -0.4 is 0 Å². The summed E-state index contributed by atoms with van der Waals surface area (Å²) >= 11 is 0. The Balaban J connectivity index is 1.03. The van der Waals surface area contributed by atoms with E-state index in [1.165, 1.54) is 67.1 Å². The molecule has 5 aromatic carbocycles. The average Bonchev–Trinajstić information content (AvgIpc) is 3.46. The first kappa shape index (κ1) is 27.4. The first-order valence-corrected chi connectivity index (χ1v) is 16.4. The van der Waals surface area contributed by atoms with Crippen LogP contribution in [-0.2, 0) is 19.3 Å². The van der Waals surface area contributed by atoms with Crippen molar-refractivity contribution in [2.24, 2.45) is 0 Å². The highest BCUT2D eigenvalue weighted by Crippen LogP contribution is 2.36. The third kappa shape index (κ3) is 5.09. The van der Waals surface area contributed by atoms with Crippen molar-refractivity contribution in [3.63, 3.8) is 0 Å². The van der Waals surface area contributed by atoms with Gasteiger partial charge in [-0.2, -0.15) is 0 Å². The van der Waals surface area contributed by atoms with Crippen LogP contribution in [-0.4, -0.2) is 4.57 Å². The van der Waals surface area contributed by atoms with Gasteiger partial charge in [0.25, 0.3) is 0 Å². The van der Waals surface area contributed by atoms with Crippen LogP contribution in [0.25, 0.3) is 62.3 Å². The molecule has 8 rings (SSSR count). The minimum absolute atomic E-state index is 1.02. The van der Waals surface area contributed by atoms with Gasteiger partial charge in [0.05, 0.1) is 0 Å². The maximum atomic E-state index is 2.47. The van der Waals surface area contributed by atoms with Gasteiger partial charge in [-0.1, -0.05) is 122 Å². The van der Waals surface area contributed by atoms with E-state index in [1.807, 2.05) is 0 Å². The summed E-state index contributed by atoms with van der Waals surface area (Å²) < 4.78 is 2.47. The minimum Gasteiger partial charge on any atom is -0.310 e. The van der Waals surface area contributed by atoms with Crippen LogP contribution in [0, 0.1) is 0 Å². The average molecular weight is 580 g/mol. The fourth-order valence-electron chi connectivity index (χ4n) is 7.20. The molecule has 218 valence electrons. The summed E-state index contributed by atoms with van der Waals surface area (Å²) in [5.41, 5.74) is 18.5. The smallest absolute Gasteiger partial charge is 0.0494 e. The number of rotatable bonds is 6. The van der Waals surface area contributed by atoms with Crippen LogP contribution in [0.3, 0.4) is 0 Å². The zero-order chi connectivity index (χ0) is 30.2. The molecule has 1 heterocycles. The highest BCUT2D eigenvalue weighted by atomic mass is 15.0. The van der Waals surface area contributed by atoms with E-state index in [-0.39, 0.29) is 0 Å². The van der Waals surface area contributed by atoms with Gasteiger partial charge in [-0.15, -0.1) is 0 Å². The Morgan fingerprint density at radius 1 is 0.489 bits per heavy atom. The van der Waals surface area contributed by atoms with Crippen LogP contribution in [0.15, 0.2) is 133 Å². The lowest BCUT2D eigenvalue weighted by Gasteiger charge is -2.14. The molecule has 0 spiro atoms. The van der Waals surface area contributed by atoms with Crippen LogP contribution in [0.2, 0.25) is 0 Å². The Hall–Kier alpha value is -5.14. The maximum Gasteiger partial charge on any atom is 0.0494 e. The second-order valence-corrected chi connectivity index (χ2v) is 12.2. The maximum absolute atomic E-state index is 2.47. The fourth-order valence-corrected chi connectivity index (χ4v) is 7.20. The largest absolute Gasteiger partial charge is 0.310 e. The van der Waals surface area contributed by atoms with Crippen molar-refractivity contribution in [3.8, 4) is 50.2 Å². The van der Waals surface area contributed by atoms with E-state index in [0.717, 1.165) is 32.1 Å². The van der Waals surface area contributed by atoms with Gasteiger partial charge < -0.3 is 4.57 Å². The summed E-state index contributed by atoms with van der Waals surface area (Å²) in [7, 11) is 0. The first-order chi connectivity index (χ1) is 22.3. The van der Waals surface area contributed by atoms with E-state index in [4.69, 9.17) is 0 Å². The molecule has 0 atom stereocenters. The molecular weight excluding hydrogens is 542 g/mol. The summed E-state index contributed by atoms with van der Waals surface area (Å²) in [6, 6.07) is 44.7. The molecular formula is C44H37N. The molecule has 6 aromatic rings. The Bertz CT molecular complexity index is 1990. The molecule has 0 N–H and O–H groups in total. The van der Waals surface area contributed by atoms with Gasteiger partial charge in [0, 0.05) is 17.1 Å². The van der Waals surface area contributed by atoms with Crippen molar-refractivity contribution < 1.29 is 0 Å². The number of fused-ring (bicyclic) bond motifs is 3. The van der Waals surface area contributed by atoms with E-state index in [9.17, 15) is 0 Å². The number of aromatic nitrogens is 1. The van der Waals surface area contributed by atoms with Gasteiger partial charge in [0.2, 0.25) is 0 Å². The number of hydrogen-bond acceptors (Lipinski definition) is 0. The van der Waals surface area contributed by atoms with Crippen molar-refractivity contribution >= 4 is 12.2 Å². The molecule has 0 saturated heterocycles. The Morgan fingerprint density at radius 2 is 0.956 bits per heavy atom. The molecule has 0 radical (unpaired) electrons. The predicted octanol–water partition coefficient (Wildman–Crippen LogP) is 11.6. The molecule has 0 aliphatic heterocycles. The Labute approximate surface area is 266 Å². The lowest BCUT2D eigenvalue weighted by atomic mass is 9.92. The van der Waals surface area contributed by atoms with Crippen LogP contribution in [0.5, 0.6) is 0 Å². The van der Waals surface area contributed by atoms with Gasteiger partial charge in [0.15, 0.2) is 0 Å². The third-order valence-corrected chi connectivity index (χ3v) is 9.61. The van der Waals surface area contributed by atoms with Gasteiger partial charge in [-0.3, -0.25) is 0 Å². The number of aryl methyl sites for hydroxylation is 1. The summed E-state index contributed by atoms with van der Waals surface area (Å²) in [5.74, 6) is 0. The topological polar surface area (TPSA) is 4.93 Å². The predicted molar refractivity (Wildman–Crippen MR) is 192 cm³/mol. The molecule has 0 saturated carbocycles. The SMILES string of the molecule is CCc1ccc(-c2ccc(-c3ccc(-c4ccc(-n5c6c(c7c5C=CCC7)CCC=C6)cc4)cc3)cc2)cc1-c1ccccc1. The van der Waals surface area contributed by atoms with Crippen LogP contribution >= 0.6 is 0 Å². The van der Waals surface area contributed by atoms with Gasteiger partial charge in [-0.05, 0) is 124 Å². The molecule has 1 heteroatoms. The molecule has 0 amide bonds. The van der Waals surface area contributed by atoms with E-state index >= 15 is 0 Å². The number of allylic oxidation sites excluding steroid dienone is 2. The minimum atomic E-state index is 1.02. The summed E-state index contributed by atoms with van der Waals surface area (Å²) in [6.07, 6.45) is 14.9. The van der Waals surface area contributed by atoms with Crippen molar-refractivity contribution in [1.29, 1.82) is 0 Å². The van der Waals surface area contributed by atoms with E-state index < -0.39 is 0 Å². The highest BCUT2D eigenvalue weighted by molar-refractivity contribution is 5.78. The van der Waals surface area contributed by atoms with E-state index in [2.05, 4.69) is 157 Å². The fraction of sp³-hybridized carbons (Fsp3) is 0.136. The summed E-state index contributed by atoms with van der Waals surface area (Å²) in [4.78, 5) is 0. The van der Waals surface area contributed by atoms with Gasteiger partial charge in [-0.25, -0.2) is 0 Å². The monoisotopic (exact) mass is 579 g/mol. The molecule has 1 nitrogen and oxygen atoms in total. The summed E-state index contributed by atoms with van der Waals surface area (Å²) in [5, 5.41) is 0. The van der Waals surface area contributed by atoms with Crippen molar-refractivity contribution in [2.45, 2.75) is 39.0 Å². The quantitative estimate of drug-likeness (QED) is 0.185. The third-order valence-electron chi connectivity index (χ3n) is 9.61. The zero-order valence-electron chi connectivity index (χ0n) is 25.8. The lowest BCUT2D eigenvalue weighted by molar-refractivity contribution is 0.922. The highest BCUT2D eigenvalue weighted by Gasteiger charge is 2.23. The van der Waals surface area contributed by atoms with Crippen molar-refractivity contribution in [3.05, 3.63) is 162 Å². The van der Waals surface area contributed by atoms with Crippen LogP contribution in [0.1, 0.15) is 47.8 Å². The molecule has 0 fully saturated rings. The van der Waals surface area contributed by atoms with Crippen molar-refractivity contribution in [1.82, 2.24) is 4.57 Å². The Morgan fingerprint density at radius 3 is 1.47 bits per heavy atom. The van der Waals surface area contributed by atoms with E-state index in [0.29, 0.717) is 0 Å². The number of nitrogens with zero attached hydrogens (tertiary/aromatic N) is 1. The second kappa shape index (κ2) is 11.7. The first-order valence-electron chi connectivity index (χ1n) is 16.4. The normalized spacial score (nSPS) is 13.4. The van der Waals surface area contributed by atoms with Crippen LogP contribution in [0.4, 0.5) is 0 Å². The summed E-state index contributed by atoms with van der Waals surface area (Å²) in [6.45, 7) is 2.23. The number of hydrogen-bond donors (Lipinski definition) is 0. The molecule has 45 heavy (non-hydrogen) atoms. The Kier molecular flexibility index (Phi) is 7.16. The molecule has 2 aliphatic rings.